The number of ether oxygens (including phenoxy) is 1. The monoisotopic (exact) mass is 470 g/mol. The van der Waals surface area contributed by atoms with Crippen molar-refractivity contribution in [1.29, 1.82) is 4.78 Å². The van der Waals surface area contributed by atoms with Gasteiger partial charge in [-0.05, 0) is 35.4 Å². The van der Waals surface area contributed by atoms with E-state index in [0.717, 1.165) is 18.5 Å². The first kappa shape index (κ1) is 15.1. The molecule has 0 radical (unpaired) electrons. The Balaban J connectivity index is 1.70. The molecule has 4 rings (SSSR count). The molecule has 1 heterocycles. The quantitative estimate of drug-likeness (QED) is 0.368. The minimum absolute atomic E-state index is 0.0387. The lowest BCUT2D eigenvalue weighted by Crippen LogP contribution is -2.03. The van der Waals surface area contributed by atoms with Gasteiger partial charge in [-0.3, -0.25) is 4.78 Å². The molecule has 4 aromatic rings. The molecule has 0 aliphatic carbocycles. The van der Waals surface area contributed by atoms with Crippen LogP contribution in [0.25, 0.3) is 11.4 Å². The Morgan fingerprint density at radius 3 is 2.76 bits per heavy atom. The van der Waals surface area contributed by atoms with Gasteiger partial charge in [-0.25, -0.2) is 18.6 Å². The molecule has 1 aromatic heterocycles. The van der Waals surface area contributed by atoms with Crippen LogP contribution in [0.5, 0.6) is 5.75 Å². The highest BCUT2D eigenvalue weighted by Crippen LogP contribution is 2.29. The molecular weight excluding hydrogens is 441 g/mol. The summed E-state index contributed by atoms with van der Waals surface area (Å²) in [5.74, 6) is -1.10. The molecule has 0 spiro atoms. The van der Waals surface area contributed by atoms with Crippen LogP contribution in [0, 0.1) is 10.6 Å². The Morgan fingerprint density at radius 1 is 1.15 bits per heavy atom. The summed E-state index contributed by atoms with van der Waals surface area (Å²) in [5.41, 5.74) is 0.476. The first-order valence-corrected chi connectivity index (χ1v) is 11.6. The highest BCUT2D eigenvalue weighted by atomic mass is 32.2. The Hall–Kier alpha value is -3.85. The van der Waals surface area contributed by atoms with Crippen molar-refractivity contribution in [1.82, 2.24) is 15.0 Å². The van der Waals surface area contributed by atoms with Crippen LogP contribution in [0.15, 0.2) is 79.0 Å². The Bertz CT molecular complexity index is 1700. The number of aromatic nitrogens is 3. The third kappa shape index (κ3) is 6.33. The van der Waals surface area contributed by atoms with Crippen molar-refractivity contribution >= 4 is 21.4 Å². The third-order valence-corrected chi connectivity index (χ3v) is 5.03. The maximum absolute atomic E-state index is 14.2. The number of rotatable bonds is 8. The van der Waals surface area contributed by atoms with Crippen LogP contribution in [-0.4, -0.2) is 25.4 Å². The van der Waals surface area contributed by atoms with Gasteiger partial charge in [-0.15, -0.1) is 0 Å². The van der Waals surface area contributed by atoms with Crippen LogP contribution in [0.1, 0.15) is 20.7 Å². The Labute approximate surface area is 201 Å². The van der Waals surface area contributed by atoms with Crippen molar-refractivity contribution in [2.24, 2.45) is 0 Å². The van der Waals surface area contributed by atoms with Gasteiger partial charge in [0.2, 0.25) is 5.95 Å². The van der Waals surface area contributed by atoms with Crippen molar-refractivity contribution in [3.8, 4) is 17.1 Å². The van der Waals surface area contributed by atoms with Crippen LogP contribution in [0.2, 0.25) is 0 Å². The normalized spacial score (nSPS) is 16.1. The first-order valence-electron chi connectivity index (χ1n) is 13.0. The maximum atomic E-state index is 14.2. The zero-order valence-electron chi connectivity index (χ0n) is 24.3. The smallest absolute Gasteiger partial charge is 0.230 e. The summed E-state index contributed by atoms with van der Waals surface area (Å²) in [6, 6.07) is 6.22. The summed E-state index contributed by atoms with van der Waals surface area (Å²) < 4.78 is 95.6. The minimum atomic E-state index is -2.97. The van der Waals surface area contributed by atoms with Crippen LogP contribution in [-0.2, 0) is 22.0 Å². The Morgan fingerprint density at radius 2 is 1.97 bits per heavy atom. The van der Waals surface area contributed by atoms with E-state index in [4.69, 9.17) is 19.1 Å². The second-order valence-corrected chi connectivity index (χ2v) is 9.25. The van der Waals surface area contributed by atoms with Crippen LogP contribution in [0.4, 0.5) is 16.0 Å². The zero-order valence-corrected chi connectivity index (χ0v) is 18.1. The fourth-order valence-electron chi connectivity index (χ4n) is 2.84. The van der Waals surface area contributed by atoms with Gasteiger partial charge in [0.1, 0.15) is 24.5 Å². The van der Waals surface area contributed by atoms with E-state index < -0.39 is 57.9 Å². The van der Waals surface area contributed by atoms with Gasteiger partial charge >= 0.3 is 0 Å². The molecule has 168 valence electrons. The summed E-state index contributed by atoms with van der Waals surface area (Å²) in [6.07, 6.45) is 2.50. The summed E-state index contributed by atoms with van der Waals surface area (Å²) in [4.78, 5) is 12.4. The highest BCUT2D eigenvalue weighted by Gasteiger charge is 2.13. The van der Waals surface area contributed by atoms with Crippen LogP contribution in [0.3, 0.4) is 0 Å². The van der Waals surface area contributed by atoms with Gasteiger partial charge in [0.25, 0.3) is 0 Å². The van der Waals surface area contributed by atoms with Gasteiger partial charge in [0.15, 0.2) is 5.82 Å². The lowest BCUT2D eigenvalue weighted by Gasteiger charge is -2.12. The average Bonchev–Trinajstić information content (AvgIpc) is 2.85. The van der Waals surface area contributed by atoms with Gasteiger partial charge < -0.3 is 10.1 Å². The topological polar surface area (TPSA) is 101 Å². The SMILES string of the molecule is [2H]c1c([2H])c([2H])c(C([2H])([2H])Oc2cc(F)ccc2-c2ncnc(Nc3cccc(CS(C)(=N)=O)c3)n2)c([2H])c1[2H]. The molecule has 0 fully saturated rings. The standard InChI is InChI=1S/C24H22FN5O2S/c1-33(26,31)15-18-8-5-9-20(12-18)29-24-28-16-27-23(30-24)21-11-10-19(25)13-22(21)32-14-17-6-3-2-4-7-17/h2-13,16,26H,14-15H2,1H3,(H,27,28,29,30)/i2D,3D,4D,6D,7D,14D2. The number of nitrogens with zero attached hydrogens (tertiary/aromatic N) is 3. The molecule has 9 heteroatoms. The van der Waals surface area contributed by atoms with Crippen molar-refractivity contribution in [2.45, 2.75) is 12.3 Å². The number of hydrogen-bond acceptors (Lipinski definition) is 7. The summed E-state index contributed by atoms with van der Waals surface area (Å²) >= 11 is 0. The second-order valence-electron chi connectivity index (χ2n) is 6.95. The number of benzene rings is 3. The second kappa shape index (κ2) is 9.74. The van der Waals surface area contributed by atoms with Crippen LogP contribution < -0.4 is 10.1 Å². The lowest BCUT2D eigenvalue weighted by atomic mass is 10.1. The molecular formula is C24H22FN5O2S. The molecule has 0 saturated carbocycles. The van der Waals surface area contributed by atoms with E-state index in [1.54, 1.807) is 24.3 Å². The number of halogens is 1. The van der Waals surface area contributed by atoms with Crippen molar-refractivity contribution in [3.05, 3.63) is 95.9 Å². The molecule has 7 nitrogen and oxygen atoms in total. The fraction of sp³-hybridized carbons (Fsp3) is 0.125. The maximum Gasteiger partial charge on any atom is 0.230 e. The third-order valence-electron chi connectivity index (χ3n) is 4.14. The molecule has 0 amide bonds. The van der Waals surface area contributed by atoms with E-state index in [-0.39, 0.29) is 28.8 Å². The first-order chi connectivity index (χ1) is 18.7. The van der Waals surface area contributed by atoms with Gasteiger partial charge in [0, 0.05) is 27.7 Å². The number of nitrogens with one attached hydrogen (secondary N) is 2. The Kier molecular flexibility index (Phi) is 4.45. The minimum Gasteiger partial charge on any atom is -0.488 e. The van der Waals surface area contributed by atoms with Gasteiger partial charge in [-0.2, -0.15) is 4.98 Å². The fourth-order valence-corrected chi connectivity index (χ4v) is 3.66. The van der Waals surface area contributed by atoms with Crippen molar-refractivity contribution in [2.75, 3.05) is 11.6 Å². The highest BCUT2D eigenvalue weighted by molar-refractivity contribution is 7.90. The van der Waals surface area contributed by atoms with Crippen molar-refractivity contribution in [3.63, 3.8) is 0 Å². The molecule has 0 saturated heterocycles. The van der Waals surface area contributed by atoms with Gasteiger partial charge in [0.05, 0.1) is 20.9 Å². The summed E-state index contributed by atoms with van der Waals surface area (Å²) in [6.45, 7) is -2.97. The average molecular weight is 471 g/mol. The molecule has 0 aliphatic rings. The molecule has 0 aliphatic heterocycles. The predicted octanol–water partition coefficient (Wildman–Crippen LogP) is 5.18. The number of hydrogen-bond donors (Lipinski definition) is 2. The zero-order chi connectivity index (χ0) is 29.4. The molecule has 2 N–H and O–H groups in total. The molecule has 33 heavy (non-hydrogen) atoms. The van der Waals surface area contributed by atoms with E-state index in [2.05, 4.69) is 20.3 Å². The molecule has 0 bridgehead atoms. The molecule has 1 atom stereocenters. The van der Waals surface area contributed by atoms with E-state index in [0.29, 0.717) is 11.3 Å². The summed E-state index contributed by atoms with van der Waals surface area (Å²) in [5, 5.41) is 2.96. The summed E-state index contributed by atoms with van der Waals surface area (Å²) in [7, 11) is -2.76. The van der Waals surface area contributed by atoms with E-state index in [1.165, 1.54) is 12.3 Å². The molecule has 3 aromatic carbocycles. The van der Waals surface area contributed by atoms with Crippen LogP contribution >= 0.6 is 0 Å². The molecule has 1 unspecified atom stereocenters. The number of anilines is 2. The van der Waals surface area contributed by atoms with E-state index in [1.807, 2.05) is 0 Å². The van der Waals surface area contributed by atoms with Crippen molar-refractivity contribution < 1.29 is 22.9 Å². The lowest BCUT2D eigenvalue weighted by molar-refractivity contribution is 0.306. The van der Waals surface area contributed by atoms with E-state index in [9.17, 15) is 8.60 Å². The van der Waals surface area contributed by atoms with Gasteiger partial charge in [-0.1, -0.05) is 42.3 Å². The largest absolute Gasteiger partial charge is 0.488 e. The van der Waals surface area contributed by atoms with E-state index >= 15 is 0 Å². The predicted molar refractivity (Wildman–Crippen MR) is 126 cm³/mol.